The number of methoxy groups -OCH3 is 3. The molecule has 0 aromatic rings. The summed E-state index contributed by atoms with van der Waals surface area (Å²) in [6.07, 6.45) is 13.7. The van der Waals surface area contributed by atoms with Crippen molar-refractivity contribution in [2.75, 3.05) is 93.8 Å². The van der Waals surface area contributed by atoms with E-state index in [0.717, 1.165) is 64.1 Å². The first-order chi connectivity index (χ1) is 38.9. The summed E-state index contributed by atoms with van der Waals surface area (Å²) in [6.45, 7) is 17.8. The number of aliphatic hydroxyl groups is 1. The molecule has 5 heterocycles. The Bertz CT molecular complexity index is 2140. The highest BCUT2D eigenvalue weighted by molar-refractivity contribution is 14.1. The lowest BCUT2D eigenvalue weighted by molar-refractivity contribution is -0.277. The van der Waals surface area contributed by atoms with E-state index in [9.17, 15) is 29.1 Å². The van der Waals surface area contributed by atoms with Gasteiger partial charge in [-0.25, -0.2) is 4.79 Å². The van der Waals surface area contributed by atoms with E-state index in [-0.39, 0.29) is 71.6 Å². The van der Waals surface area contributed by atoms with Gasteiger partial charge in [-0.15, -0.1) is 0 Å². The molecule has 6 aliphatic rings. The summed E-state index contributed by atoms with van der Waals surface area (Å²) in [4.78, 5) is 76.7. The highest BCUT2D eigenvalue weighted by Gasteiger charge is 2.55. The molecule has 16 atom stereocenters. The molecule has 1 amide bonds. The van der Waals surface area contributed by atoms with E-state index >= 15 is 0 Å². The molecule has 0 aromatic heterocycles. The highest BCUT2D eigenvalue weighted by atomic mass is 127. The maximum absolute atomic E-state index is 14.9. The summed E-state index contributed by atoms with van der Waals surface area (Å²) in [6, 6.07) is -1.10. The number of fused-ring (bicyclic) bond motifs is 3. The fourth-order valence-corrected chi connectivity index (χ4v) is 13.5. The van der Waals surface area contributed by atoms with Gasteiger partial charge in [0.15, 0.2) is 5.78 Å². The largest absolute Gasteiger partial charge is 0.460 e. The van der Waals surface area contributed by atoms with Crippen molar-refractivity contribution in [2.45, 2.75) is 190 Å². The Labute approximate surface area is 496 Å². The number of morpholine rings is 1. The first-order valence-corrected chi connectivity index (χ1v) is 31.3. The van der Waals surface area contributed by atoms with Crippen LogP contribution >= 0.6 is 22.6 Å². The molecular weight excluding hydrogens is 1160 g/mol. The van der Waals surface area contributed by atoms with Crippen LogP contribution in [0.15, 0.2) is 47.6 Å². The van der Waals surface area contributed by atoms with Gasteiger partial charge in [-0.05, 0) is 107 Å². The lowest BCUT2D eigenvalue weighted by Gasteiger charge is -2.45. The zero-order valence-electron chi connectivity index (χ0n) is 49.9. The fraction of sp³-hybridized carbons (Fsp3) is 0.790. The second-order valence-corrected chi connectivity index (χ2v) is 25.2. The van der Waals surface area contributed by atoms with Gasteiger partial charge in [0.1, 0.15) is 36.2 Å². The Kier molecular flexibility index (Phi) is 28.1. The monoisotopic (exact) mass is 1250 g/mol. The molecule has 19 heteroatoms. The number of piperidine rings is 1. The van der Waals surface area contributed by atoms with Crippen LogP contribution in [0.5, 0.6) is 0 Å². The number of ether oxygens (including phenoxy) is 10. The smallest absolute Gasteiger partial charge is 0.329 e. The van der Waals surface area contributed by atoms with Gasteiger partial charge in [-0.3, -0.25) is 24.1 Å². The average molecular weight is 1250 g/mol. The summed E-state index contributed by atoms with van der Waals surface area (Å²) < 4.78 is 60.9. The second-order valence-electron chi connectivity index (χ2n) is 23.6. The van der Waals surface area contributed by atoms with Crippen LogP contribution in [0.25, 0.3) is 0 Å². The van der Waals surface area contributed by atoms with Crippen LogP contribution in [0.3, 0.4) is 0 Å². The number of alkyl halides is 1. The van der Waals surface area contributed by atoms with Crippen molar-refractivity contribution < 1.29 is 76.4 Å². The van der Waals surface area contributed by atoms with Crippen LogP contribution < -0.4 is 0 Å². The minimum Gasteiger partial charge on any atom is -0.460 e. The fourth-order valence-electron chi connectivity index (χ4n) is 12.4. The molecule has 5 aliphatic heterocycles. The SMILES string of the molecule is CO[C@@H]1C[C@H](C[C@@H](C)[C@@H]2CC(=O)[C@H](C)/C=C(\C)[C@@H](O)[C@@H](OC)C(=O)[C@H](C)C[C@H](I)/C=C/C=C/C=C(\C)C(OCC3COCCO3)C[C@@H]3CC[C@@H](C)[C@@](OC)(O3)C(=O)C(=O)N3CCCC[C@H]3C(=O)O2)CC[C@H]1OCCCN1CCOCC1. The van der Waals surface area contributed by atoms with Crippen LogP contribution in [0.4, 0.5) is 0 Å². The van der Waals surface area contributed by atoms with Gasteiger partial charge in [0, 0.05) is 88.6 Å². The van der Waals surface area contributed by atoms with Crippen molar-refractivity contribution in [3.63, 3.8) is 0 Å². The number of allylic oxidation sites excluding steroid dienone is 6. The molecule has 6 rings (SSSR count). The van der Waals surface area contributed by atoms with Crippen LogP contribution in [-0.4, -0.2) is 202 Å². The van der Waals surface area contributed by atoms with E-state index in [4.69, 9.17) is 47.4 Å². The number of halogens is 1. The number of amides is 1. The summed E-state index contributed by atoms with van der Waals surface area (Å²) in [5, 5.41) is 11.6. The molecule has 1 aliphatic carbocycles. The van der Waals surface area contributed by atoms with E-state index < -0.39 is 77.8 Å². The number of cyclic esters (lactones) is 1. The van der Waals surface area contributed by atoms with Gasteiger partial charge >= 0.3 is 5.97 Å². The summed E-state index contributed by atoms with van der Waals surface area (Å²) in [5.41, 5.74) is 1.30. The summed E-state index contributed by atoms with van der Waals surface area (Å²) in [7, 11) is 4.49. The Balaban J connectivity index is 1.27. The lowest BCUT2D eigenvalue weighted by Crippen LogP contribution is -2.61. The third kappa shape index (κ3) is 19.4. The van der Waals surface area contributed by atoms with Crippen LogP contribution in [0.2, 0.25) is 0 Å². The van der Waals surface area contributed by atoms with Crippen LogP contribution in [0, 0.1) is 29.6 Å². The molecule has 0 radical (unpaired) electrons. The van der Waals surface area contributed by atoms with Gasteiger partial charge in [0.05, 0.1) is 64.1 Å². The maximum Gasteiger partial charge on any atom is 0.329 e. The number of nitrogens with zero attached hydrogens (tertiary/aromatic N) is 2. The Morgan fingerprint density at radius 3 is 2.32 bits per heavy atom. The number of carbonyl (C=O) groups excluding carboxylic acids is 5. The van der Waals surface area contributed by atoms with E-state index in [1.807, 2.05) is 58.1 Å². The third-order valence-electron chi connectivity index (χ3n) is 17.6. The topological polar surface area (TPSA) is 204 Å². The van der Waals surface area contributed by atoms with E-state index in [1.54, 1.807) is 27.0 Å². The van der Waals surface area contributed by atoms with Crippen molar-refractivity contribution in [3.05, 3.63) is 47.6 Å². The van der Waals surface area contributed by atoms with Gasteiger partial charge in [0.2, 0.25) is 5.79 Å². The van der Waals surface area contributed by atoms with Gasteiger partial charge in [0.25, 0.3) is 11.7 Å². The number of rotatable bonds is 14. The normalized spacial score (nSPS) is 38.2. The quantitative estimate of drug-likeness (QED) is 0.0446. The molecule has 81 heavy (non-hydrogen) atoms. The Morgan fingerprint density at radius 2 is 1.60 bits per heavy atom. The lowest BCUT2D eigenvalue weighted by atomic mass is 9.78. The molecule has 5 fully saturated rings. The molecule has 458 valence electrons. The first kappa shape index (κ1) is 67.3. The number of Topliss-reactive ketones (excluding diaryl/α,β-unsaturated/α-hetero) is 3. The van der Waals surface area contributed by atoms with Gasteiger partial charge in [-0.1, -0.05) is 86.7 Å². The minimum atomic E-state index is -1.94. The highest BCUT2D eigenvalue weighted by Crippen LogP contribution is 2.40. The number of aliphatic hydroxyl groups excluding tert-OH is 1. The molecule has 0 spiro atoms. The number of esters is 1. The third-order valence-corrected chi connectivity index (χ3v) is 18.5. The Morgan fingerprint density at radius 1 is 0.827 bits per heavy atom. The van der Waals surface area contributed by atoms with Crippen molar-refractivity contribution in [1.29, 1.82) is 0 Å². The maximum atomic E-state index is 14.9. The van der Waals surface area contributed by atoms with Gasteiger partial charge in [-0.2, -0.15) is 0 Å². The molecule has 18 nitrogen and oxygen atoms in total. The zero-order valence-corrected chi connectivity index (χ0v) is 52.1. The first-order valence-electron chi connectivity index (χ1n) is 30.0. The number of ketones is 3. The zero-order chi connectivity index (χ0) is 58.6. The van der Waals surface area contributed by atoms with E-state index in [0.29, 0.717) is 76.9 Å². The van der Waals surface area contributed by atoms with Crippen molar-refractivity contribution in [1.82, 2.24) is 9.80 Å². The van der Waals surface area contributed by atoms with E-state index in [1.165, 1.54) is 19.1 Å². The predicted molar refractivity (Wildman–Crippen MR) is 314 cm³/mol. The summed E-state index contributed by atoms with van der Waals surface area (Å²) >= 11 is 2.30. The average Bonchev–Trinajstić information content (AvgIpc) is 3.47. The number of hydrogen-bond donors (Lipinski definition) is 1. The number of carbonyl (C=O) groups is 5. The molecule has 0 aromatic carbocycles. The van der Waals surface area contributed by atoms with Crippen LogP contribution in [0.1, 0.15) is 125 Å². The summed E-state index contributed by atoms with van der Waals surface area (Å²) in [5.74, 6) is -6.72. The standard InChI is InChI=1S/C62H97IN2O16/c1-40-16-11-10-12-17-47(63)34-44(5)57(68)58(73-8)56(67)43(4)32-41(2)51(66)37-54(42(3)33-46-20-22-52(55(35-46)72-7)78-27-15-23-64-25-28-75-29-26-64)80-61(71)50-18-13-14-24-65(50)60(70)59(69)62(74-9)45(6)19-21-48(81-62)36-53(40)79-39-49-38-76-30-31-77-49/h10-12,16-17,32,41-42,44-50,52-56,58,67H,13-15,18-31,33-39H2,1-9H3/b11-10+,17-12+,40-16+,43-32+/t41-,42-,44-,45-,46+,47-,48+,49?,50+,52-,53?,54+,55-,56-,58-,62-/m1/s1. The minimum absolute atomic E-state index is 0.0249. The molecule has 1 saturated carbocycles. The molecule has 4 saturated heterocycles. The van der Waals surface area contributed by atoms with Gasteiger partial charge < -0.3 is 57.4 Å². The predicted octanol–water partition coefficient (Wildman–Crippen LogP) is 7.53. The Hall–Kier alpha value is -2.80. The van der Waals surface area contributed by atoms with Crippen molar-refractivity contribution in [3.8, 4) is 0 Å². The van der Waals surface area contributed by atoms with Crippen LogP contribution in [-0.2, 0) is 71.3 Å². The molecule has 2 unspecified atom stereocenters. The molecule has 1 N–H and O–H groups in total. The van der Waals surface area contributed by atoms with E-state index in [2.05, 4.69) is 27.5 Å². The number of hydrogen-bond acceptors (Lipinski definition) is 17. The van der Waals surface area contributed by atoms with Crippen molar-refractivity contribution >= 4 is 51.8 Å². The second kappa shape index (κ2) is 33.8. The molecule has 2 bridgehead atoms. The van der Waals surface area contributed by atoms with Crippen molar-refractivity contribution in [2.24, 2.45) is 29.6 Å². The molecular formula is C62H97IN2O16.